The first-order valence-corrected chi connectivity index (χ1v) is 10.1. The molecule has 1 N–H and O–H groups in total. The molecule has 1 aliphatic rings. The SMILES string of the molecule is COc1ccc(C)cc1NC(=O)CSc1nnc(C)n1C1CCCCC1. The van der Waals surface area contributed by atoms with Gasteiger partial charge in [0.15, 0.2) is 5.16 Å². The van der Waals surface area contributed by atoms with Crippen molar-refractivity contribution in [3.63, 3.8) is 0 Å². The first-order chi connectivity index (χ1) is 12.6. The second-order valence-electron chi connectivity index (χ2n) is 6.73. The summed E-state index contributed by atoms with van der Waals surface area (Å²) in [6.07, 6.45) is 6.14. The zero-order valence-electron chi connectivity index (χ0n) is 15.6. The number of thioether (sulfide) groups is 1. The Morgan fingerprint density at radius 2 is 2.04 bits per heavy atom. The number of amides is 1. The van der Waals surface area contributed by atoms with Crippen LogP contribution in [0.1, 0.15) is 49.5 Å². The highest BCUT2D eigenvalue weighted by Gasteiger charge is 2.22. The number of aryl methyl sites for hydroxylation is 2. The quantitative estimate of drug-likeness (QED) is 0.770. The number of benzene rings is 1. The molecule has 1 heterocycles. The first-order valence-electron chi connectivity index (χ1n) is 9.07. The van der Waals surface area contributed by atoms with Gasteiger partial charge in [0.1, 0.15) is 11.6 Å². The predicted molar refractivity (Wildman–Crippen MR) is 104 cm³/mol. The Labute approximate surface area is 158 Å². The molecule has 1 aliphatic carbocycles. The summed E-state index contributed by atoms with van der Waals surface area (Å²) in [7, 11) is 1.60. The van der Waals surface area contributed by atoms with E-state index in [1.54, 1.807) is 7.11 Å². The average molecular weight is 375 g/mol. The molecular formula is C19H26N4O2S. The molecular weight excluding hydrogens is 348 g/mol. The lowest BCUT2D eigenvalue weighted by Gasteiger charge is -2.24. The van der Waals surface area contributed by atoms with E-state index < -0.39 is 0 Å². The molecule has 26 heavy (non-hydrogen) atoms. The molecule has 1 amide bonds. The summed E-state index contributed by atoms with van der Waals surface area (Å²) < 4.78 is 7.53. The number of aromatic nitrogens is 3. The monoisotopic (exact) mass is 374 g/mol. The van der Waals surface area contributed by atoms with Gasteiger partial charge >= 0.3 is 0 Å². The standard InChI is InChI=1S/C19H26N4O2S/c1-13-9-10-17(25-3)16(11-13)20-18(24)12-26-19-22-21-14(2)23(19)15-7-5-4-6-8-15/h9-11,15H,4-8,12H2,1-3H3,(H,20,24). The summed E-state index contributed by atoms with van der Waals surface area (Å²) in [5.74, 6) is 1.81. The number of rotatable bonds is 6. The van der Waals surface area contributed by atoms with Crippen LogP contribution in [0.25, 0.3) is 0 Å². The highest BCUT2D eigenvalue weighted by atomic mass is 32.2. The van der Waals surface area contributed by atoms with Crippen LogP contribution in [0.2, 0.25) is 0 Å². The Bertz CT molecular complexity index is 769. The second kappa shape index (κ2) is 8.58. The molecule has 0 spiro atoms. The van der Waals surface area contributed by atoms with E-state index in [1.165, 1.54) is 43.9 Å². The molecule has 1 saturated carbocycles. The minimum Gasteiger partial charge on any atom is -0.495 e. The number of methoxy groups -OCH3 is 1. The van der Waals surface area contributed by atoms with E-state index in [0.29, 0.717) is 23.2 Å². The van der Waals surface area contributed by atoms with E-state index in [0.717, 1.165) is 16.5 Å². The minimum atomic E-state index is -0.0743. The lowest BCUT2D eigenvalue weighted by atomic mass is 9.95. The third-order valence-electron chi connectivity index (χ3n) is 4.74. The van der Waals surface area contributed by atoms with Gasteiger partial charge < -0.3 is 14.6 Å². The summed E-state index contributed by atoms with van der Waals surface area (Å²) in [5.41, 5.74) is 1.77. The van der Waals surface area contributed by atoms with Crippen LogP contribution >= 0.6 is 11.8 Å². The fourth-order valence-electron chi connectivity index (χ4n) is 3.44. The summed E-state index contributed by atoms with van der Waals surface area (Å²) in [6, 6.07) is 6.19. The van der Waals surface area contributed by atoms with E-state index in [1.807, 2.05) is 32.0 Å². The third-order valence-corrected chi connectivity index (χ3v) is 5.68. The van der Waals surface area contributed by atoms with Crippen LogP contribution in [0.15, 0.2) is 23.4 Å². The maximum atomic E-state index is 12.4. The minimum absolute atomic E-state index is 0.0743. The highest BCUT2D eigenvalue weighted by Crippen LogP contribution is 2.32. The smallest absolute Gasteiger partial charge is 0.234 e. The summed E-state index contributed by atoms with van der Waals surface area (Å²) in [6.45, 7) is 3.97. The molecule has 6 nitrogen and oxygen atoms in total. The van der Waals surface area contributed by atoms with E-state index >= 15 is 0 Å². The van der Waals surface area contributed by atoms with Gasteiger partial charge in [-0.1, -0.05) is 37.1 Å². The molecule has 0 radical (unpaired) electrons. The molecule has 1 aromatic carbocycles. The number of hydrogen-bond acceptors (Lipinski definition) is 5. The Morgan fingerprint density at radius 1 is 1.27 bits per heavy atom. The average Bonchev–Trinajstić information content (AvgIpc) is 3.01. The number of hydrogen-bond donors (Lipinski definition) is 1. The molecule has 0 unspecified atom stereocenters. The van der Waals surface area contributed by atoms with Gasteiger partial charge in [0.25, 0.3) is 0 Å². The van der Waals surface area contributed by atoms with Crippen molar-refractivity contribution in [2.24, 2.45) is 0 Å². The van der Waals surface area contributed by atoms with Crippen molar-refractivity contribution in [2.75, 3.05) is 18.2 Å². The van der Waals surface area contributed by atoms with Gasteiger partial charge in [-0.15, -0.1) is 10.2 Å². The van der Waals surface area contributed by atoms with Crippen LogP contribution in [0.4, 0.5) is 5.69 Å². The zero-order chi connectivity index (χ0) is 18.5. The molecule has 0 atom stereocenters. The maximum Gasteiger partial charge on any atom is 0.234 e. The maximum absolute atomic E-state index is 12.4. The molecule has 1 fully saturated rings. The van der Waals surface area contributed by atoms with Crippen molar-refractivity contribution in [3.8, 4) is 5.75 Å². The van der Waals surface area contributed by atoms with Crippen molar-refractivity contribution < 1.29 is 9.53 Å². The van der Waals surface area contributed by atoms with Crippen molar-refractivity contribution in [3.05, 3.63) is 29.6 Å². The molecule has 0 saturated heterocycles. The number of nitrogens with zero attached hydrogens (tertiary/aromatic N) is 3. The Balaban J connectivity index is 1.64. The number of carbonyl (C=O) groups excluding carboxylic acids is 1. The summed E-state index contributed by atoms with van der Waals surface area (Å²) >= 11 is 1.44. The van der Waals surface area contributed by atoms with Crippen LogP contribution < -0.4 is 10.1 Å². The topological polar surface area (TPSA) is 69.0 Å². The molecule has 2 aromatic rings. The summed E-state index contributed by atoms with van der Waals surface area (Å²) in [5, 5.41) is 12.3. The van der Waals surface area contributed by atoms with E-state index in [2.05, 4.69) is 20.1 Å². The van der Waals surface area contributed by atoms with Crippen LogP contribution in [-0.2, 0) is 4.79 Å². The molecule has 0 bridgehead atoms. The lowest BCUT2D eigenvalue weighted by Crippen LogP contribution is -2.17. The van der Waals surface area contributed by atoms with Crippen molar-refractivity contribution in [1.82, 2.24) is 14.8 Å². The van der Waals surface area contributed by atoms with Crippen molar-refractivity contribution in [1.29, 1.82) is 0 Å². The van der Waals surface area contributed by atoms with Crippen LogP contribution in [-0.4, -0.2) is 33.5 Å². The lowest BCUT2D eigenvalue weighted by molar-refractivity contribution is -0.113. The Morgan fingerprint density at radius 3 is 2.77 bits per heavy atom. The van der Waals surface area contributed by atoms with Gasteiger partial charge in [0.2, 0.25) is 5.91 Å². The number of ether oxygens (including phenoxy) is 1. The molecule has 140 valence electrons. The summed E-state index contributed by atoms with van der Waals surface area (Å²) in [4.78, 5) is 12.4. The normalized spacial score (nSPS) is 15.0. The van der Waals surface area contributed by atoms with Gasteiger partial charge in [-0.05, 0) is 44.4 Å². The Hall–Kier alpha value is -2.02. The van der Waals surface area contributed by atoms with Gasteiger partial charge in [-0.25, -0.2) is 0 Å². The van der Waals surface area contributed by atoms with Gasteiger partial charge in [-0.3, -0.25) is 4.79 Å². The third kappa shape index (κ3) is 4.38. The van der Waals surface area contributed by atoms with Crippen molar-refractivity contribution in [2.45, 2.75) is 57.1 Å². The highest BCUT2D eigenvalue weighted by molar-refractivity contribution is 7.99. The van der Waals surface area contributed by atoms with Crippen LogP contribution in [0.5, 0.6) is 5.75 Å². The van der Waals surface area contributed by atoms with Crippen LogP contribution in [0, 0.1) is 13.8 Å². The first kappa shape index (κ1) is 18.8. The van der Waals surface area contributed by atoms with Crippen LogP contribution in [0.3, 0.4) is 0 Å². The second-order valence-corrected chi connectivity index (χ2v) is 7.67. The van der Waals surface area contributed by atoms with Gasteiger partial charge in [0.05, 0.1) is 18.6 Å². The van der Waals surface area contributed by atoms with E-state index in [9.17, 15) is 4.79 Å². The van der Waals surface area contributed by atoms with E-state index in [4.69, 9.17) is 4.74 Å². The molecule has 7 heteroatoms. The molecule has 1 aromatic heterocycles. The zero-order valence-corrected chi connectivity index (χ0v) is 16.4. The molecule has 0 aliphatic heterocycles. The number of carbonyl (C=O) groups is 1. The van der Waals surface area contributed by atoms with Gasteiger partial charge in [-0.2, -0.15) is 0 Å². The molecule has 3 rings (SSSR count). The van der Waals surface area contributed by atoms with E-state index in [-0.39, 0.29) is 5.91 Å². The largest absolute Gasteiger partial charge is 0.495 e. The van der Waals surface area contributed by atoms with Crippen molar-refractivity contribution >= 4 is 23.4 Å². The predicted octanol–water partition coefficient (Wildman–Crippen LogP) is 4.14. The van der Waals surface area contributed by atoms with Gasteiger partial charge in [0, 0.05) is 6.04 Å². The fraction of sp³-hybridized carbons (Fsp3) is 0.526. The Kier molecular flexibility index (Phi) is 6.19. The fourth-order valence-corrected chi connectivity index (χ4v) is 4.30. The number of nitrogens with one attached hydrogen (secondary N) is 1. The number of anilines is 1.